The Bertz CT molecular complexity index is 702. The Morgan fingerprint density at radius 1 is 1.39 bits per heavy atom. The lowest BCUT2D eigenvalue weighted by Crippen LogP contribution is -2.59. The van der Waals surface area contributed by atoms with Crippen molar-refractivity contribution in [2.45, 2.75) is 70.8 Å². The Morgan fingerprint density at radius 2 is 2.04 bits per heavy atom. The van der Waals surface area contributed by atoms with Crippen LogP contribution in [0.15, 0.2) is 22.7 Å². The molecule has 0 radical (unpaired) electrons. The van der Waals surface area contributed by atoms with E-state index in [0.29, 0.717) is 16.6 Å². The number of carbonyl (C=O) groups excluding carboxylic acids is 1. The molecule has 0 aliphatic carbocycles. The second-order valence-corrected chi connectivity index (χ2v) is 15.2. The summed E-state index contributed by atoms with van der Waals surface area (Å²) in [6.45, 7) is 15.3. The molecule has 1 aromatic carbocycles. The van der Waals surface area contributed by atoms with E-state index in [0.717, 1.165) is 6.42 Å². The van der Waals surface area contributed by atoms with Crippen LogP contribution in [-0.2, 0) is 19.5 Å². The zero-order valence-electron chi connectivity index (χ0n) is 18.0. The van der Waals surface area contributed by atoms with Gasteiger partial charge < -0.3 is 14.5 Å². The van der Waals surface area contributed by atoms with Gasteiger partial charge in [0.05, 0.1) is 18.2 Å². The van der Waals surface area contributed by atoms with Crippen molar-refractivity contribution in [2.24, 2.45) is 5.92 Å². The number of hydrogen-bond acceptors (Lipinski definition) is 3. The van der Waals surface area contributed by atoms with Crippen molar-refractivity contribution in [3.8, 4) is 0 Å². The summed E-state index contributed by atoms with van der Waals surface area (Å²) in [7, 11) is -1.97. The number of ether oxygens (including phenoxy) is 1. The molecule has 0 aromatic heterocycles. The van der Waals surface area contributed by atoms with Crippen molar-refractivity contribution >= 4 is 30.2 Å². The van der Waals surface area contributed by atoms with Crippen LogP contribution in [0.25, 0.3) is 0 Å². The summed E-state index contributed by atoms with van der Waals surface area (Å²) in [4.78, 5) is 12.1. The number of benzene rings is 1. The molecule has 1 saturated heterocycles. The third-order valence-corrected chi connectivity index (χ3v) is 11.1. The summed E-state index contributed by atoms with van der Waals surface area (Å²) >= 11 is 3.38. The Kier molecular flexibility index (Phi) is 7.17. The van der Waals surface area contributed by atoms with E-state index in [1.807, 2.05) is 13.0 Å². The fraction of sp³-hybridized carbons (Fsp3) is 0.667. The SMILES string of the molecule is CC(=O)N[C@@]1(c2cc(F)cc(Br)c2)CO[C@@H](C)C[C@H]1CO[Si](C)(C)C(C)(C)C. The van der Waals surface area contributed by atoms with Crippen LogP contribution in [-0.4, -0.2) is 33.5 Å². The van der Waals surface area contributed by atoms with Crippen LogP contribution in [0.2, 0.25) is 18.1 Å². The highest BCUT2D eigenvalue weighted by atomic mass is 79.9. The summed E-state index contributed by atoms with van der Waals surface area (Å²) in [5, 5.41) is 3.18. The maximum Gasteiger partial charge on any atom is 0.217 e. The maximum atomic E-state index is 14.2. The zero-order chi connectivity index (χ0) is 21.3. The third-order valence-electron chi connectivity index (χ3n) is 6.14. The molecule has 0 bridgehead atoms. The van der Waals surface area contributed by atoms with Crippen LogP contribution >= 0.6 is 15.9 Å². The highest BCUT2D eigenvalue weighted by Gasteiger charge is 2.47. The number of carbonyl (C=O) groups is 1. The number of amides is 1. The summed E-state index contributed by atoms with van der Waals surface area (Å²) < 4.78 is 27.3. The standard InChI is InChI=1S/C21H33BrFNO3Si/c1-14-8-17(12-27-28(6,7)20(3,4)5)21(13-26-14,24-15(2)25)16-9-18(22)11-19(23)10-16/h9-11,14,17H,8,12-13H2,1-7H3,(H,24,25)/t14-,17-,21+/m0/s1. The zero-order valence-corrected chi connectivity index (χ0v) is 20.6. The highest BCUT2D eigenvalue weighted by molar-refractivity contribution is 9.10. The molecule has 3 atom stereocenters. The van der Waals surface area contributed by atoms with E-state index in [2.05, 4.69) is 55.1 Å². The van der Waals surface area contributed by atoms with Crippen molar-refractivity contribution in [1.29, 1.82) is 0 Å². The van der Waals surface area contributed by atoms with Crippen molar-refractivity contribution < 1.29 is 18.3 Å². The number of rotatable bonds is 5. The summed E-state index contributed by atoms with van der Waals surface area (Å²) in [6, 6.07) is 4.76. The van der Waals surface area contributed by atoms with Crippen molar-refractivity contribution in [1.82, 2.24) is 5.32 Å². The predicted octanol–water partition coefficient (Wildman–Crippen LogP) is 5.37. The minimum Gasteiger partial charge on any atom is -0.416 e. The van der Waals surface area contributed by atoms with Gasteiger partial charge in [0.2, 0.25) is 5.91 Å². The summed E-state index contributed by atoms with van der Waals surface area (Å²) in [5.41, 5.74) is -0.129. The second kappa shape index (κ2) is 8.54. The first kappa shape index (κ1) is 23.5. The van der Waals surface area contributed by atoms with E-state index in [1.165, 1.54) is 19.1 Å². The van der Waals surface area contributed by atoms with Crippen molar-refractivity contribution in [3.05, 3.63) is 34.1 Å². The average Bonchev–Trinajstić information content (AvgIpc) is 2.52. The lowest BCUT2D eigenvalue weighted by Gasteiger charge is -2.48. The smallest absolute Gasteiger partial charge is 0.217 e. The van der Waals surface area contributed by atoms with Crippen LogP contribution in [0.4, 0.5) is 4.39 Å². The van der Waals surface area contributed by atoms with Gasteiger partial charge >= 0.3 is 0 Å². The van der Waals surface area contributed by atoms with Crippen LogP contribution in [0.1, 0.15) is 46.6 Å². The van der Waals surface area contributed by atoms with Gasteiger partial charge in [-0.05, 0) is 55.2 Å². The quantitative estimate of drug-likeness (QED) is 0.584. The molecule has 4 nitrogen and oxygen atoms in total. The lowest BCUT2D eigenvalue weighted by atomic mass is 9.74. The highest BCUT2D eigenvalue weighted by Crippen LogP contribution is 2.42. The maximum absolute atomic E-state index is 14.2. The van der Waals surface area contributed by atoms with Gasteiger partial charge in [-0.1, -0.05) is 36.7 Å². The monoisotopic (exact) mass is 473 g/mol. The first-order chi connectivity index (χ1) is 12.8. The molecular formula is C21H33BrFNO3Si. The fourth-order valence-electron chi connectivity index (χ4n) is 3.45. The molecular weight excluding hydrogens is 441 g/mol. The predicted molar refractivity (Wildman–Crippen MR) is 116 cm³/mol. The second-order valence-electron chi connectivity index (χ2n) is 9.44. The normalized spacial score (nSPS) is 26.2. The minimum absolute atomic E-state index is 0.0250. The van der Waals surface area contributed by atoms with E-state index in [4.69, 9.17) is 9.16 Å². The molecule has 158 valence electrons. The molecule has 0 spiro atoms. The van der Waals surface area contributed by atoms with Gasteiger partial charge in [-0.15, -0.1) is 0 Å². The van der Waals surface area contributed by atoms with E-state index >= 15 is 0 Å². The molecule has 1 heterocycles. The molecule has 1 aliphatic heterocycles. The molecule has 0 unspecified atom stereocenters. The summed E-state index contributed by atoms with van der Waals surface area (Å²) in [5.74, 6) is -0.546. The topological polar surface area (TPSA) is 47.6 Å². The lowest BCUT2D eigenvalue weighted by molar-refractivity contribution is -0.129. The van der Waals surface area contributed by atoms with E-state index in [-0.39, 0.29) is 35.4 Å². The van der Waals surface area contributed by atoms with Crippen LogP contribution in [0.5, 0.6) is 0 Å². The van der Waals surface area contributed by atoms with Crippen molar-refractivity contribution in [3.63, 3.8) is 0 Å². The van der Waals surface area contributed by atoms with Crippen LogP contribution in [0.3, 0.4) is 0 Å². The van der Waals surface area contributed by atoms with Gasteiger partial charge in [0.25, 0.3) is 0 Å². The van der Waals surface area contributed by atoms with E-state index in [9.17, 15) is 9.18 Å². The number of halogens is 2. The van der Waals surface area contributed by atoms with E-state index in [1.54, 1.807) is 0 Å². The Labute approximate surface area is 177 Å². The Balaban J connectivity index is 2.46. The Hall–Kier alpha value is -0.763. The molecule has 28 heavy (non-hydrogen) atoms. The molecule has 0 saturated carbocycles. The van der Waals surface area contributed by atoms with Crippen LogP contribution < -0.4 is 5.32 Å². The van der Waals surface area contributed by atoms with Crippen LogP contribution in [0, 0.1) is 11.7 Å². The first-order valence-electron chi connectivity index (χ1n) is 9.78. The minimum atomic E-state index is -1.97. The largest absolute Gasteiger partial charge is 0.416 e. The fourth-order valence-corrected chi connectivity index (χ4v) is 4.97. The van der Waals surface area contributed by atoms with Gasteiger partial charge in [0, 0.05) is 23.9 Å². The average molecular weight is 474 g/mol. The van der Waals surface area contributed by atoms with Gasteiger partial charge in [-0.25, -0.2) is 4.39 Å². The van der Waals surface area contributed by atoms with Crippen molar-refractivity contribution in [2.75, 3.05) is 13.2 Å². The number of nitrogens with one attached hydrogen (secondary N) is 1. The molecule has 2 rings (SSSR count). The van der Waals surface area contributed by atoms with Gasteiger partial charge in [-0.2, -0.15) is 0 Å². The molecule has 1 amide bonds. The molecule has 1 fully saturated rings. The molecule has 1 aromatic rings. The summed E-state index contributed by atoms with van der Waals surface area (Å²) in [6.07, 6.45) is 0.773. The molecule has 7 heteroatoms. The van der Waals surface area contributed by atoms with Gasteiger partial charge in [0.1, 0.15) is 5.82 Å². The first-order valence-corrected chi connectivity index (χ1v) is 13.5. The van der Waals surface area contributed by atoms with E-state index < -0.39 is 13.9 Å². The van der Waals surface area contributed by atoms with Gasteiger partial charge in [-0.3, -0.25) is 4.79 Å². The van der Waals surface area contributed by atoms with Gasteiger partial charge in [0.15, 0.2) is 8.32 Å². The molecule has 1 aliphatic rings. The number of hydrogen-bond donors (Lipinski definition) is 1. The third kappa shape index (κ3) is 5.23. The molecule has 1 N–H and O–H groups in total. The Morgan fingerprint density at radius 3 is 2.57 bits per heavy atom.